The molecule has 1 aliphatic rings. The molecule has 0 bridgehead atoms. The molecule has 3 aromatic rings. The number of aliphatic hydroxyl groups excluding tert-OH is 1. The highest BCUT2D eigenvalue weighted by molar-refractivity contribution is 7.92. The third kappa shape index (κ3) is 4.65. The molecule has 178 valence electrons. The Labute approximate surface area is 194 Å². The molecule has 0 spiro atoms. The van der Waals surface area contributed by atoms with Gasteiger partial charge in [-0.2, -0.15) is 4.98 Å². The number of hydrogen-bond donors (Lipinski definition) is 2. The monoisotopic (exact) mass is 473 g/mol. The maximum Gasteiger partial charge on any atom is 0.227 e. The molecule has 3 aromatic heterocycles. The summed E-state index contributed by atoms with van der Waals surface area (Å²) in [5.41, 5.74) is 1.61. The highest BCUT2D eigenvalue weighted by Gasteiger charge is 2.32. The molecule has 2 N–H and O–H groups in total. The summed E-state index contributed by atoms with van der Waals surface area (Å²) in [5.74, 6) is 2.38. The van der Waals surface area contributed by atoms with E-state index in [4.69, 9.17) is 0 Å². The number of hydrogen-bond acceptors (Lipinski definition) is 9. The topological polar surface area (TPSA) is 126 Å². The maximum atomic E-state index is 12.5. The molecule has 0 aliphatic carbocycles. The first-order valence-corrected chi connectivity index (χ1v) is 12.9. The molecular formula is C22H31N7O3S. The van der Waals surface area contributed by atoms with E-state index in [1.165, 1.54) is 0 Å². The number of aromatic nitrogens is 5. The van der Waals surface area contributed by atoms with Gasteiger partial charge < -0.3 is 19.9 Å². The van der Waals surface area contributed by atoms with Gasteiger partial charge in [0.05, 0.1) is 22.2 Å². The van der Waals surface area contributed by atoms with Gasteiger partial charge >= 0.3 is 0 Å². The molecule has 0 atom stereocenters. The summed E-state index contributed by atoms with van der Waals surface area (Å²) in [5, 5.41) is 12.2. The zero-order valence-corrected chi connectivity index (χ0v) is 20.2. The summed E-state index contributed by atoms with van der Waals surface area (Å²) in [6.07, 6.45) is 4.51. The summed E-state index contributed by atoms with van der Waals surface area (Å²) in [6, 6.07) is 3.80. The van der Waals surface area contributed by atoms with Gasteiger partial charge in [0.2, 0.25) is 5.95 Å². The Kier molecular flexibility index (Phi) is 6.53. The molecule has 0 saturated carbocycles. The van der Waals surface area contributed by atoms with Crippen molar-refractivity contribution in [1.29, 1.82) is 0 Å². The first-order valence-electron chi connectivity index (χ1n) is 11.3. The van der Waals surface area contributed by atoms with Crippen molar-refractivity contribution in [3.63, 3.8) is 0 Å². The van der Waals surface area contributed by atoms with E-state index < -0.39 is 9.84 Å². The van der Waals surface area contributed by atoms with E-state index in [0.29, 0.717) is 49.3 Å². The van der Waals surface area contributed by atoms with E-state index in [1.54, 1.807) is 32.3 Å². The largest absolute Gasteiger partial charge is 0.388 e. The first-order chi connectivity index (χ1) is 15.7. The lowest BCUT2D eigenvalue weighted by Crippen LogP contribution is -2.42. The summed E-state index contributed by atoms with van der Waals surface area (Å²) in [4.78, 5) is 19.9. The summed E-state index contributed by atoms with van der Waals surface area (Å²) >= 11 is 0. The number of nitrogens with zero attached hydrogens (tertiary/aromatic N) is 6. The van der Waals surface area contributed by atoms with Crippen molar-refractivity contribution in [2.75, 3.05) is 23.3 Å². The average Bonchev–Trinajstić information content (AvgIpc) is 3.17. The number of imidazole rings is 1. The fraction of sp³-hybridized carbons (Fsp3) is 0.545. The van der Waals surface area contributed by atoms with Crippen LogP contribution in [0.1, 0.15) is 52.4 Å². The lowest BCUT2D eigenvalue weighted by molar-refractivity contribution is 0.263. The van der Waals surface area contributed by atoms with Gasteiger partial charge in [0.1, 0.15) is 29.6 Å². The highest BCUT2D eigenvalue weighted by atomic mass is 32.2. The van der Waals surface area contributed by atoms with Crippen LogP contribution in [0.4, 0.5) is 17.6 Å². The number of fused-ring (bicyclic) bond motifs is 1. The molecule has 4 heterocycles. The van der Waals surface area contributed by atoms with E-state index in [-0.39, 0.29) is 23.1 Å². The third-order valence-electron chi connectivity index (χ3n) is 6.05. The SMILES string of the molecule is CC(C)n1c(CO)nc2cnc(Nc3ccnc(N4CCC(S(=O)(=O)C(C)C)CC4)n3)cc21. The van der Waals surface area contributed by atoms with Crippen molar-refractivity contribution in [1.82, 2.24) is 24.5 Å². The molecule has 0 amide bonds. The molecule has 0 unspecified atom stereocenters. The summed E-state index contributed by atoms with van der Waals surface area (Å²) in [6.45, 7) is 8.62. The van der Waals surface area contributed by atoms with Crippen molar-refractivity contribution in [3.8, 4) is 0 Å². The second-order valence-corrected chi connectivity index (χ2v) is 11.7. The van der Waals surface area contributed by atoms with Crippen LogP contribution in [-0.2, 0) is 16.4 Å². The van der Waals surface area contributed by atoms with Crippen LogP contribution in [0, 0.1) is 0 Å². The Balaban J connectivity index is 1.51. The van der Waals surface area contributed by atoms with E-state index >= 15 is 0 Å². The van der Waals surface area contributed by atoms with Crippen molar-refractivity contribution < 1.29 is 13.5 Å². The minimum absolute atomic E-state index is 0.139. The highest BCUT2D eigenvalue weighted by Crippen LogP contribution is 2.26. The van der Waals surface area contributed by atoms with Crippen LogP contribution in [0.2, 0.25) is 0 Å². The van der Waals surface area contributed by atoms with Crippen molar-refractivity contribution in [2.24, 2.45) is 0 Å². The smallest absolute Gasteiger partial charge is 0.227 e. The van der Waals surface area contributed by atoms with Crippen molar-refractivity contribution >= 4 is 38.5 Å². The molecule has 1 aliphatic heterocycles. The Bertz CT molecular complexity index is 1230. The molecule has 1 saturated heterocycles. The number of rotatable bonds is 7. The van der Waals surface area contributed by atoms with E-state index in [0.717, 1.165) is 11.0 Å². The van der Waals surface area contributed by atoms with E-state index in [2.05, 4.69) is 25.3 Å². The van der Waals surface area contributed by atoms with Gasteiger partial charge in [0.25, 0.3) is 0 Å². The lowest BCUT2D eigenvalue weighted by Gasteiger charge is -2.32. The van der Waals surface area contributed by atoms with Crippen LogP contribution < -0.4 is 10.2 Å². The van der Waals surface area contributed by atoms with Crippen LogP contribution in [0.5, 0.6) is 0 Å². The standard InChI is InChI=1S/C22H31N7O3S/c1-14(2)29-18-11-20(24-12-17(18)25-21(29)13-30)26-19-5-8-23-22(27-19)28-9-6-16(7-10-28)33(31,32)15(3)4/h5,8,11-12,14-16,30H,6-7,9-10,13H2,1-4H3,(H,23,24,26,27). The number of piperidine rings is 1. The van der Waals surface area contributed by atoms with Crippen LogP contribution >= 0.6 is 0 Å². The predicted octanol–water partition coefficient (Wildman–Crippen LogP) is 2.83. The molecule has 33 heavy (non-hydrogen) atoms. The molecule has 4 rings (SSSR count). The van der Waals surface area contributed by atoms with Crippen LogP contribution in [0.3, 0.4) is 0 Å². The average molecular weight is 474 g/mol. The van der Waals surface area contributed by atoms with Crippen LogP contribution in [0.15, 0.2) is 24.5 Å². The number of anilines is 3. The number of nitrogens with one attached hydrogen (secondary N) is 1. The molecule has 0 aromatic carbocycles. The van der Waals surface area contributed by atoms with Gasteiger partial charge in [-0.25, -0.2) is 23.4 Å². The van der Waals surface area contributed by atoms with Gasteiger partial charge in [0.15, 0.2) is 9.84 Å². The fourth-order valence-corrected chi connectivity index (χ4v) is 5.91. The fourth-order valence-electron chi connectivity index (χ4n) is 4.28. The molecule has 0 radical (unpaired) electrons. The van der Waals surface area contributed by atoms with Crippen molar-refractivity contribution in [3.05, 3.63) is 30.4 Å². The Morgan fingerprint density at radius 1 is 1.12 bits per heavy atom. The molecular weight excluding hydrogens is 442 g/mol. The second-order valence-electron chi connectivity index (χ2n) is 8.90. The number of aliphatic hydroxyl groups is 1. The predicted molar refractivity (Wildman–Crippen MR) is 128 cm³/mol. The molecule has 1 fully saturated rings. The summed E-state index contributed by atoms with van der Waals surface area (Å²) < 4.78 is 26.9. The van der Waals surface area contributed by atoms with Gasteiger partial charge in [-0.3, -0.25) is 0 Å². The van der Waals surface area contributed by atoms with Gasteiger partial charge in [-0.05, 0) is 46.6 Å². The van der Waals surface area contributed by atoms with Crippen LogP contribution in [-0.4, -0.2) is 61.6 Å². The molecule has 10 nitrogen and oxygen atoms in total. The normalized spacial score (nSPS) is 15.7. The quantitative estimate of drug-likeness (QED) is 0.532. The van der Waals surface area contributed by atoms with Gasteiger partial charge in [-0.15, -0.1) is 0 Å². The Morgan fingerprint density at radius 3 is 2.48 bits per heavy atom. The van der Waals surface area contributed by atoms with Crippen molar-refractivity contribution in [2.45, 2.75) is 63.7 Å². The minimum Gasteiger partial charge on any atom is -0.388 e. The van der Waals surface area contributed by atoms with E-state index in [9.17, 15) is 13.5 Å². The van der Waals surface area contributed by atoms with Gasteiger partial charge in [-0.1, -0.05) is 0 Å². The third-order valence-corrected chi connectivity index (χ3v) is 8.77. The first kappa shape index (κ1) is 23.4. The lowest BCUT2D eigenvalue weighted by atomic mass is 10.1. The second kappa shape index (κ2) is 9.22. The Hall–Kier alpha value is -2.79. The Morgan fingerprint density at radius 2 is 1.85 bits per heavy atom. The molecule has 11 heteroatoms. The minimum atomic E-state index is -3.09. The zero-order chi connectivity index (χ0) is 23.8. The van der Waals surface area contributed by atoms with E-state index in [1.807, 2.05) is 29.4 Å². The summed E-state index contributed by atoms with van der Waals surface area (Å²) in [7, 11) is -3.09. The number of pyridine rings is 1. The maximum absolute atomic E-state index is 12.5. The van der Waals surface area contributed by atoms with Crippen LogP contribution in [0.25, 0.3) is 11.0 Å². The number of sulfone groups is 1. The zero-order valence-electron chi connectivity index (χ0n) is 19.4. The van der Waals surface area contributed by atoms with Gasteiger partial charge in [0, 0.05) is 31.4 Å².